The highest BCUT2D eigenvalue weighted by molar-refractivity contribution is 6.07. The summed E-state index contributed by atoms with van der Waals surface area (Å²) in [7, 11) is 1.53. The number of carbonyl (C=O) groups excluding carboxylic acids is 1. The van der Waals surface area contributed by atoms with Crippen molar-refractivity contribution in [2.45, 2.75) is 12.7 Å². The second-order valence-corrected chi connectivity index (χ2v) is 6.13. The Labute approximate surface area is 155 Å². The Kier molecular flexibility index (Phi) is 4.08. The number of nitrogens with one attached hydrogen (secondary N) is 1. The molecular weight excluding hydrogens is 344 g/mol. The Balaban J connectivity index is 1.92. The molecule has 0 fully saturated rings. The maximum absolute atomic E-state index is 13.0. The highest BCUT2D eigenvalue weighted by Gasteiger charge is 2.31. The van der Waals surface area contributed by atoms with E-state index in [0.717, 1.165) is 22.0 Å². The first-order chi connectivity index (χ1) is 13.1. The number of aromatic nitrogens is 1. The van der Waals surface area contributed by atoms with Gasteiger partial charge < -0.3 is 10.1 Å². The normalized spacial score (nSPS) is 14.4. The molecule has 1 aromatic heterocycles. The van der Waals surface area contributed by atoms with Gasteiger partial charge in [0.1, 0.15) is 5.75 Å². The van der Waals surface area contributed by atoms with Gasteiger partial charge in [-0.2, -0.15) is 0 Å². The van der Waals surface area contributed by atoms with Crippen molar-refractivity contribution in [1.29, 1.82) is 0 Å². The monoisotopic (exact) mass is 360 g/mol. The van der Waals surface area contributed by atoms with Crippen LogP contribution >= 0.6 is 0 Å². The van der Waals surface area contributed by atoms with E-state index >= 15 is 0 Å². The zero-order valence-corrected chi connectivity index (χ0v) is 14.7. The lowest BCUT2D eigenvalue weighted by molar-refractivity contribution is 0.0908. The molecule has 4 rings (SSSR count). The van der Waals surface area contributed by atoms with E-state index in [1.54, 1.807) is 19.2 Å². The molecular formula is C19H16N6O2. The molecule has 27 heavy (non-hydrogen) atoms. The smallest absolute Gasteiger partial charge is 0.266 e. The number of methoxy groups -OCH3 is 1. The quantitative estimate of drug-likeness (QED) is 0.756. The van der Waals surface area contributed by atoms with Gasteiger partial charge in [0.15, 0.2) is 0 Å². The minimum atomic E-state index is -1.22. The van der Waals surface area contributed by atoms with Gasteiger partial charge in [0, 0.05) is 18.5 Å². The molecule has 0 unspecified atom stereocenters. The minimum Gasteiger partial charge on any atom is -0.495 e. The molecule has 0 saturated heterocycles. The third-order valence-electron chi connectivity index (χ3n) is 4.23. The molecule has 134 valence electrons. The van der Waals surface area contributed by atoms with Crippen LogP contribution in [0.4, 0.5) is 0 Å². The summed E-state index contributed by atoms with van der Waals surface area (Å²) in [5.41, 5.74) is 2.76. The number of hydrogen-bond acceptors (Lipinski definition) is 7. The Morgan fingerprint density at radius 1 is 1.07 bits per heavy atom. The first-order valence-electron chi connectivity index (χ1n) is 8.29. The predicted octanol–water partition coefficient (Wildman–Crippen LogP) is 4.15. The zero-order chi connectivity index (χ0) is 18.9. The summed E-state index contributed by atoms with van der Waals surface area (Å²) >= 11 is 0. The average molecular weight is 360 g/mol. The molecule has 0 atom stereocenters. The van der Waals surface area contributed by atoms with E-state index in [-0.39, 0.29) is 0 Å². The molecule has 1 aliphatic heterocycles. The SMILES string of the molecule is COc1c(C(=O)NC2(C)N=NN=N2)cc2cccnc2c1-c1ccccc1. The van der Waals surface area contributed by atoms with E-state index in [2.05, 4.69) is 31.0 Å². The van der Waals surface area contributed by atoms with Gasteiger partial charge in [-0.05, 0) is 28.1 Å². The molecule has 0 bridgehead atoms. The lowest BCUT2D eigenvalue weighted by Gasteiger charge is -2.19. The molecule has 0 aliphatic carbocycles. The van der Waals surface area contributed by atoms with E-state index in [9.17, 15) is 4.79 Å². The van der Waals surface area contributed by atoms with E-state index in [1.165, 1.54) is 7.11 Å². The van der Waals surface area contributed by atoms with Crippen LogP contribution in [-0.4, -0.2) is 23.8 Å². The van der Waals surface area contributed by atoms with E-state index in [0.29, 0.717) is 11.3 Å². The molecule has 0 radical (unpaired) electrons. The van der Waals surface area contributed by atoms with Crippen LogP contribution in [0.2, 0.25) is 0 Å². The number of ether oxygens (including phenoxy) is 1. The van der Waals surface area contributed by atoms with Gasteiger partial charge in [0.2, 0.25) is 0 Å². The number of carbonyl (C=O) groups is 1. The largest absolute Gasteiger partial charge is 0.495 e. The fourth-order valence-electron chi connectivity index (χ4n) is 3.03. The van der Waals surface area contributed by atoms with E-state index < -0.39 is 11.7 Å². The Bertz CT molecular complexity index is 1070. The Hall–Kier alpha value is -3.68. The summed E-state index contributed by atoms with van der Waals surface area (Å²) in [6.07, 6.45) is 1.72. The predicted molar refractivity (Wildman–Crippen MR) is 99.3 cm³/mol. The second-order valence-electron chi connectivity index (χ2n) is 6.13. The molecule has 0 spiro atoms. The maximum atomic E-state index is 13.0. The van der Waals surface area contributed by atoms with Crippen LogP contribution in [0.5, 0.6) is 5.75 Å². The van der Waals surface area contributed by atoms with Crippen molar-refractivity contribution in [3.63, 3.8) is 0 Å². The molecule has 8 heteroatoms. The second kappa shape index (κ2) is 6.56. The number of benzene rings is 2. The molecule has 0 saturated carbocycles. The molecule has 8 nitrogen and oxygen atoms in total. The van der Waals surface area contributed by atoms with Crippen molar-refractivity contribution >= 4 is 16.8 Å². The topological polar surface area (TPSA) is 101 Å². The molecule has 1 amide bonds. The summed E-state index contributed by atoms with van der Waals surface area (Å²) in [4.78, 5) is 17.5. The average Bonchev–Trinajstić information content (AvgIpc) is 3.12. The van der Waals surface area contributed by atoms with Crippen LogP contribution in [0.3, 0.4) is 0 Å². The summed E-state index contributed by atoms with van der Waals surface area (Å²) in [6.45, 7) is 1.61. The van der Waals surface area contributed by atoms with Crippen LogP contribution in [0.25, 0.3) is 22.0 Å². The summed E-state index contributed by atoms with van der Waals surface area (Å²) in [5.74, 6) is -1.18. The highest BCUT2D eigenvalue weighted by atomic mass is 16.5. The number of hydrogen-bond donors (Lipinski definition) is 1. The first kappa shape index (κ1) is 16.8. The number of fused-ring (bicyclic) bond motifs is 1. The molecule has 2 heterocycles. The van der Waals surface area contributed by atoms with Gasteiger partial charge in [-0.3, -0.25) is 9.78 Å². The minimum absolute atomic E-state index is 0.357. The molecule has 1 aliphatic rings. The first-order valence-corrected chi connectivity index (χ1v) is 8.29. The zero-order valence-electron chi connectivity index (χ0n) is 14.7. The van der Waals surface area contributed by atoms with Crippen LogP contribution in [0.1, 0.15) is 17.3 Å². The standard InChI is InChI=1S/C19H16N6O2/c1-19(22-24-25-23-19)21-18(26)14-11-13-9-6-10-20-16(13)15(17(14)27-2)12-7-4-3-5-8-12/h3-11H,1-2H3,(H,21,26). The van der Waals surface area contributed by atoms with E-state index in [1.807, 2.05) is 42.5 Å². The van der Waals surface area contributed by atoms with Crippen molar-refractivity contribution < 1.29 is 9.53 Å². The van der Waals surface area contributed by atoms with Crippen molar-refractivity contribution in [3.05, 3.63) is 60.3 Å². The Morgan fingerprint density at radius 3 is 2.52 bits per heavy atom. The molecule has 3 aromatic rings. The van der Waals surface area contributed by atoms with Gasteiger partial charge in [-0.25, -0.2) is 0 Å². The lowest BCUT2D eigenvalue weighted by atomic mass is 9.96. The molecule has 1 N–H and O–H groups in total. The van der Waals surface area contributed by atoms with Crippen molar-refractivity contribution in [1.82, 2.24) is 10.3 Å². The highest BCUT2D eigenvalue weighted by Crippen LogP contribution is 2.39. The van der Waals surface area contributed by atoms with Gasteiger partial charge in [0.05, 0.1) is 23.8 Å². The fourth-order valence-corrected chi connectivity index (χ4v) is 3.03. The number of pyridine rings is 1. The van der Waals surface area contributed by atoms with Gasteiger partial charge >= 0.3 is 0 Å². The summed E-state index contributed by atoms with van der Waals surface area (Å²) in [6, 6.07) is 15.2. The lowest BCUT2D eigenvalue weighted by Crippen LogP contribution is -2.41. The van der Waals surface area contributed by atoms with Gasteiger partial charge in [0.25, 0.3) is 11.7 Å². The van der Waals surface area contributed by atoms with Crippen molar-refractivity contribution in [3.8, 4) is 16.9 Å². The van der Waals surface area contributed by atoms with Gasteiger partial charge in [-0.1, -0.05) is 36.4 Å². The van der Waals surface area contributed by atoms with Crippen LogP contribution in [0, 0.1) is 0 Å². The summed E-state index contributed by atoms with van der Waals surface area (Å²) < 4.78 is 5.65. The fraction of sp³-hybridized carbons (Fsp3) is 0.158. The van der Waals surface area contributed by atoms with Crippen molar-refractivity contribution in [2.75, 3.05) is 7.11 Å². The van der Waals surface area contributed by atoms with Crippen LogP contribution in [-0.2, 0) is 0 Å². The van der Waals surface area contributed by atoms with Crippen LogP contribution < -0.4 is 10.1 Å². The third kappa shape index (κ3) is 3.01. The number of nitrogens with zero attached hydrogens (tertiary/aromatic N) is 5. The third-order valence-corrected chi connectivity index (χ3v) is 4.23. The maximum Gasteiger partial charge on any atom is 0.266 e. The summed E-state index contributed by atoms with van der Waals surface area (Å²) in [5, 5.41) is 18.2. The van der Waals surface area contributed by atoms with E-state index in [4.69, 9.17) is 4.74 Å². The molecule has 2 aromatic carbocycles. The van der Waals surface area contributed by atoms with Gasteiger partial charge in [-0.15, -0.1) is 10.2 Å². The number of rotatable bonds is 4. The Morgan fingerprint density at radius 2 is 1.81 bits per heavy atom. The number of amides is 1. The van der Waals surface area contributed by atoms with Crippen LogP contribution in [0.15, 0.2) is 75.4 Å². The van der Waals surface area contributed by atoms with Crippen molar-refractivity contribution in [2.24, 2.45) is 20.7 Å².